The first-order valence-corrected chi connectivity index (χ1v) is 10.2. The molecule has 0 radical (unpaired) electrons. The zero-order valence-electron chi connectivity index (χ0n) is 18.3. The van der Waals surface area contributed by atoms with Crippen LogP contribution >= 0.6 is 23.2 Å². The molecule has 0 aliphatic heterocycles. The van der Waals surface area contributed by atoms with Crippen LogP contribution in [0.3, 0.4) is 0 Å². The third-order valence-electron chi connectivity index (χ3n) is 3.54. The number of aromatic nitrogens is 2. The van der Waals surface area contributed by atoms with E-state index in [1.54, 1.807) is 24.5 Å². The van der Waals surface area contributed by atoms with E-state index in [1.807, 2.05) is 24.3 Å². The summed E-state index contributed by atoms with van der Waals surface area (Å²) in [6, 6.07) is 22.5. The Kier molecular flexibility index (Phi) is 20.2. The van der Waals surface area contributed by atoms with Crippen LogP contribution in [0, 0.1) is 0 Å². The van der Waals surface area contributed by atoms with Gasteiger partial charge in [-0.15, -0.1) is 0 Å². The first kappa shape index (κ1) is 35.5. The van der Waals surface area contributed by atoms with E-state index >= 15 is 0 Å². The van der Waals surface area contributed by atoms with E-state index in [-0.39, 0.29) is 55.9 Å². The third kappa shape index (κ3) is 16.9. The van der Waals surface area contributed by atoms with Crippen molar-refractivity contribution in [2.24, 2.45) is 0 Å². The van der Waals surface area contributed by atoms with Gasteiger partial charge in [0.25, 0.3) is 0 Å². The normalized spacial score (nSPS) is 8.50. The summed E-state index contributed by atoms with van der Waals surface area (Å²) in [5.41, 5.74) is 10.8. The third-order valence-corrected chi connectivity index (χ3v) is 4.04. The van der Waals surface area contributed by atoms with Crippen LogP contribution in [0.5, 0.6) is 0 Å². The smallest absolute Gasteiger partial charge is 0.545 e. The Bertz CT molecular complexity index is 1050. The number of halogens is 2. The molecule has 8 nitrogen and oxygen atoms in total. The number of carboxylic acid groups (broad SMARTS) is 2. The molecule has 0 spiro atoms. The SMILES string of the molecule is Nc1ccccn1.Nc1ccccn1.O=C([O-])c1ccc(Cl)cc1.O=C([O-])c1ccc(Cl)cc1.[Ag+].[Ag+]. The molecule has 2 aromatic heterocycles. The number of hydrogen-bond acceptors (Lipinski definition) is 8. The Labute approximate surface area is 249 Å². The molecule has 0 saturated carbocycles. The number of carbonyl (C=O) groups is 2. The standard InChI is InChI=1S/2C7H5ClO2.2C5H6N2.2Ag/c2*8-6-3-1-5(2-4-6)7(9)10;2*6-5-3-1-2-4-7-5;;/h2*1-4H,(H,9,10);2*1-4H,(H2,6,7);;/q;;;;2*+1/p-2. The summed E-state index contributed by atoms with van der Waals surface area (Å²) in [5, 5.41) is 21.4. The van der Waals surface area contributed by atoms with Crippen LogP contribution in [-0.4, -0.2) is 21.9 Å². The maximum atomic E-state index is 10.2. The van der Waals surface area contributed by atoms with Gasteiger partial charge in [0.15, 0.2) is 0 Å². The number of pyridine rings is 2. The average Bonchev–Trinajstić information content (AvgIpc) is 2.82. The fourth-order valence-electron chi connectivity index (χ4n) is 1.92. The molecule has 0 aliphatic rings. The Morgan fingerprint density at radius 1 is 0.583 bits per heavy atom. The first-order valence-electron chi connectivity index (χ1n) is 9.46. The van der Waals surface area contributed by atoms with Crippen molar-refractivity contribution in [1.29, 1.82) is 0 Å². The van der Waals surface area contributed by atoms with Crippen molar-refractivity contribution in [1.82, 2.24) is 9.97 Å². The number of aromatic carboxylic acids is 2. The van der Waals surface area contributed by atoms with Crippen LogP contribution < -0.4 is 21.7 Å². The summed E-state index contributed by atoms with van der Waals surface area (Å²) in [6.45, 7) is 0. The van der Waals surface area contributed by atoms with E-state index in [1.165, 1.54) is 48.5 Å². The molecule has 0 atom stereocenters. The van der Waals surface area contributed by atoms with Gasteiger partial charge in [0.05, 0.1) is 11.9 Å². The minimum Gasteiger partial charge on any atom is -0.545 e. The molecule has 4 N–H and O–H groups in total. The number of rotatable bonds is 2. The van der Waals surface area contributed by atoms with Crippen LogP contribution in [0.1, 0.15) is 20.7 Å². The zero-order chi connectivity index (χ0) is 25.3. The molecule has 0 aliphatic carbocycles. The van der Waals surface area contributed by atoms with Crippen LogP contribution in [0.25, 0.3) is 0 Å². The van der Waals surface area contributed by atoms with Crippen LogP contribution in [0.15, 0.2) is 97.3 Å². The maximum absolute atomic E-state index is 10.2. The molecule has 0 unspecified atom stereocenters. The molecule has 0 fully saturated rings. The van der Waals surface area contributed by atoms with E-state index in [2.05, 4.69) is 9.97 Å². The van der Waals surface area contributed by atoms with Crippen molar-refractivity contribution >= 4 is 46.8 Å². The average molecular weight is 715 g/mol. The number of nitrogen functional groups attached to an aromatic ring is 2. The molecule has 36 heavy (non-hydrogen) atoms. The van der Waals surface area contributed by atoms with Crippen molar-refractivity contribution in [3.63, 3.8) is 0 Å². The summed E-state index contributed by atoms with van der Waals surface area (Å²) >= 11 is 11.0. The van der Waals surface area contributed by atoms with Crippen molar-refractivity contribution in [2.45, 2.75) is 0 Å². The number of nitrogens with zero attached hydrogens (tertiary/aromatic N) is 2. The Balaban J connectivity index is 0. The number of carbonyl (C=O) groups excluding carboxylic acids is 2. The number of hydrogen-bond donors (Lipinski definition) is 2. The monoisotopic (exact) mass is 712 g/mol. The molecule has 4 aromatic rings. The van der Waals surface area contributed by atoms with Crippen LogP contribution in [0.4, 0.5) is 11.6 Å². The fourth-order valence-corrected chi connectivity index (χ4v) is 2.18. The van der Waals surface area contributed by atoms with Gasteiger partial charge in [0, 0.05) is 22.4 Å². The second-order valence-electron chi connectivity index (χ2n) is 6.10. The zero-order valence-corrected chi connectivity index (χ0v) is 22.8. The van der Waals surface area contributed by atoms with Gasteiger partial charge < -0.3 is 31.3 Å². The Morgan fingerprint density at radius 2 is 0.889 bits per heavy atom. The predicted octanol–water partition coefficient (Wildman–Crippen LogP) is 2.73. The van der Waals surface area contributed by atoms with E-state index in [9.17, 15) is 19.8 Å². The van der Waals surface area contributed by atoms with E-state index in [0.717, 1.165) is 0 Å². The van der Waals surface area contributed by atoms with E-state index < -0.39 is 11.9 Å². The molecular weight excluding hydrogens is 695 g/mol. The number of nitrogens with two attached hydrogens (primary N) is 2. The molecule has 196 valence electrons. The summed E-state index contributed by atoms with van der Waals surface area (Å²) in [4.78, 5) is 27.8. The molecule has 0 bridgehead atoms. The summed E-state index contributed by atoms with van der Waals surface area (Å²) in [5.74, 6) is -1.22. The molecule has 2 heterocycles. The number of carboxylic acids is 2. The van der Waals surface area contributed by atoms with Crippen molar-refractivity contribution in [3.8, 4) is 0 Å². The van der Waals surface area contributed by atoms with Gasteiger partial charge >= 0.3 is 44.8 Å². The first-order chi connectivity index (χ1) is 16.2. The van der Waals surface area contributed by atoms with Gasteiger partial charge in [0.1, 0.15) is 11.6 Å². The molecular formula is C24H20Ag2Cl2N4O4. The molecule has 2 aromatic carbocycles. The summed E-state index contributed by atoms with van der Waals surface area (Å²) in [6.07, 6.45) is 3.32. The van der Waals surface area contributed by atoms with Gasteiger partial charge in [-0.1, -0.05) is 59.6 Å². The van der Waals surface area contributed by atoms with Crippen molar-refractivity contribution < 1.29 is 64.6 Å². The van der Waals surface area contributed by atoms with Gasteiger partial charge in [0.2, 0.25) is 0 Å². The number of anilines is 2. The summed E-state index contributed by atoms with van der Waals surface area (Å²) < 4.78 is 0. The van der Waals surface area contributed by atoms with Crippen LogP contribution in [-0.2, 0) is 44.8 Å². The molecule has 0 saturated heterocycles. The predicted molar refractivity (Wildman–Crippen MR) is 129 cm³/mol. The molecule has 4 rings (SSSR count). The van der Waals surface area contributed by atoms with Gasteiger partial charge in [-0.05, 0) is 59.7 Å². The number of benzene rings is 2. The van der Waals surface area contributed by atoms with Gasteiger partial charge in [-0.25, -0.2) is 9.97 Å². The molecule has 0 amide bonds. The second-order valence-corrected chi connectivity index (χ2v) is 6.97. The van der Waals surface area contributed by atoms with E-state index in [0.29, 0.717) is 21.7 Å². The van der Waals surface area contributed by atoms with Gasteiger partial charge in [-0.2, -0.15) is 0 Å². The maximum Gasteiger partial charge on any atom is 1.00 e. The van der Waals surface area contributed by atoms with Crippen molar-refractivity contribution in [2.75, 3.05) is 11.5 Å². The quantitative estimate of drug-likeness (QED) is 0.300. The largest absolute Gasteiger partial charge is 1.00 e. The molecule has 12 heteroatoms. The van der Waals surface area contributed by atoms with E-state index in [4.69, 9.17) is 34.7 Å². The summed E-state index contributed by atoms with van der Waals surface area (Å²) in [7, 11) is 0. The fraction of sp³-hybridized carbons (Fsp3) is 0. The second kappa shape index (κ2) is 20.5. The Morgan fingerprint density at radius 3 is 1.06 bits per heavy atom. The van der Waals surface area contributed by atoms with Crippen molar-refractivity contribution in [3.05, 3.63) is 118 Å². The van der Waals surface area contributed by atoms with Crippen LogP contribution in [0.2, 0.25) is 10.0 Å². The topological polar surface area (TPSA) is 158 Å². The minimum atomic E-state index is -1.18. The van der Waals surface area contributed by atoms with Gasteiger partial charge in [-0.3, -0.25) is 0 Å². The minimum absolute atomic E-state index is 0. The Hall–Kier alpha value is -2.66.